The van der Waals surface area contributed by atoms with Gasteiger partial charge in [0.2, 0.25) is 0 Å². The number of rotatable bonds is 3. The molecule has 3 rings (SSSR count). The van der Waals surface area contributed by atoms with E-state index < -0.39 is 0 Å². The maximum absolute atomic E-state index is 14.1. The summed E-state index contributed by atoms with van der Waals surface area (Å²) in [4.78, 5) is 4.42. The van der Waals surface area contributed by atoms with Crippen LogP contribution in [0, 0.1) is 9.39 Å². The Morgan fingerprint density at radius 2 is 2.16 bits per heavy atom. The molecule has 1 aliphatic heterocycles. The largest absolute Gasteiger partial charge is 0.375 e. The van der Waals surface area contributed by atoms with Gasteiger partial charge in [-0.05, 0) is 59.7 Å². The van der Waals surface area contributed by atoms with Crippen LogP contribution in [0.3, 0.4) is 0 Å². The molecular weight excluding hydrogens is 356 g/mol. The van der Waals surface area contributed by atoms with Gasteiger partial charge in [-0.2, -0.15) is 0 Å². The summed E-state index contributed by atoms with van der Waals surface area (Å²) in [6, 6.07) is 6.04. The molecule has 1 saturated carbocycles. The van der Waals surface area contributed by atoms with Crippen LogP contribution in [0.4, 0.5) is 10.1 Å². The Kier molecular flexibility index (Phi) is 3.56. The lowest BCUT2D eigenvalue weighted by Crippen LogP contribution is -2.46. The fraction of sp³-hybridized carbons (Fsp3) is 0.429. The van der Waals surface area contributed by atoms with Gasteiger partial charge in [0.25, 0.3) is 0 Å². The number of halogens is 2. The second kappa shape index (κ2) is 5.19. The third-order valence-corrected chi connectivity index (χ3v) is 4.30. The second-order valence-corrected chi connectivity index (χ2v) is 6.25. The van der Waals surface area contributed by atoms with Crippen LogP contribution in [-0.2, 0) is 0 Å². The molecule has 102 valence electrons. The van der Waals surface area contributed by atoms with E-state index in [0.29, 0.717) is 11.7 Å². The SMILES string of the molecule is CNC1=CCN(c2ccc(I)cc2F)CN1C1CC1. The molecule has 0 saturated heterocycles. The molecule has 1 heterocycles. The third-order valence-electron chi connectivity index (χ3n) is 3.63. The molecule has 1 N–H and O–H groups in total. The van der Waals surface area contributed by atoms with Gasteiger partial charge in [0.05, 0.1) is 12.4 Å². The highest BCUT2D eigenvalue weighted by Gasteiger charge is 2.33. The zero-order chi connectivity index (χ0) is 13.4. The minimum Gasteiger partial charge on any atom is -0.375 e. The highest BCUT2D eigenvalue weighted by atomic mass is 127. The van der Waals surface area contributed by atoms with Crippen molar-refractivity contribution in [1.29, 1.82) is 0 Å². The third kappa shape index (κ3) is 2.66. The van der Waals surface area contributed by atoms with Gasteiger partial charge in [0, 0.05) is 23.2 Å². The molecule has 3 nitrogen and oxygen atoms in total. The van der Waals surface area contributed by atoms with Gasteiger partial charge in [-0.3, -0.25) is 0 Å². The second-order valence-electron chi connectivity index (χ2n) is 5.00. The van der Waals surface area contributed by atoms with Gasteiger partial charge in [0.1, 0.15) is 11.6 Å². The molecule has 0 unspecified atom stereocenters. The van der Waals surface area contributed by atoms with Gasteiger partial charge < -0.3 is 15.1 Å². The molecule has 1 aliphatic carbocycles. The highest BCUT2D eigenvalue weighted by molar-refractivity contribution is 14.1. The molecule has 1 fully saturated rings. The summed E-state index contributed by atoms with van der Waals surface area (Å²) in [6.45, 7) is 1.51. The summed E-state index contributed by atoms with van der Waals surface area (Å²) in [5, 5.41) is 3.24. The molecule has 0 spiro atoms. The van der Waals surface area contributed by atoms with Crippen LogP contribution in [0.15, 0.2) is 30.1 Å². The summed E-state index contributed by atoms with van der Waals surface area (Å²) >= 11 is 2.14. The molecule has 5 heteroatoms. The Hall–Kier alpha value is -0.980. The summed E-state index contributed by atoms with van der Waals surface area (Å²) in [5.74, 6) is 1.04. The van der Waals surface area contributed by atoms with Crippen molar-refractivity contribution in [2.75, 3.05) is 25.2 Å². The van der Waals surface area contributed by atoms with Crippen molar-refractivity contribution >= 4 is 28.3 Å². The van der Waals surface area contributed by atoms with Crippen molar-refractivity contribution in [2.24, 2.45) is 0 Å². The first kappa shape index (κ1) is 13.0. The molecule has 2 aliphatic rings. The molecule has 0 aromatic heterocycles. The Morgan fingerprint density at radius 1 is 1.37 bits per heavy atom. The minimum absolute atomic E-state index is 0.135. The van der Waals surface area contributed by atoms with Crippen LogP contribution in [0.25, 0.3) is 0 Å². The number of benzene rings is 1. The molecule has 19 heavy (non-hydrogen) atoms. The number of hydrogen-bond donors (Lipinski definition) is 1. The van der Waals surface area contributed by atoms with Crippen LogP contribution in [0.5, 0.6) is 0 Å². The molecule has 1 aromatic carbocycles. The van der Waals surface area contributed by atoms with Gasteiger partial charge >= 0.3 is 0 Å². The van der Waals surface area contributed by atoms with Crippen LogP contribution in [0.1, 0.15) is 12.8 Å². The quantitative estimate of drug-likeness (QED) is 0.823. The van der Waals surface area contributed by atoms with Gasteiger partial charge in [-0.25, -0.2) is 4.39 Å². The molecule has 1 aromatic rings. The topological polar surface area (TPSA) is 18.5 Å². The Balaban J connectivity index is 1.84. The van der Waals surface area contributed by atoms with Crippen LogP contribution in [-0.4, -0.2) is 31.2 Å². The van der Waals surface area contributed by atoms with E-state index in [0.717, 1.165) is 16.8 Å². The van der Waals surface area contributed by atoms with Gasteiger partial charge in [-0.15, -0.1) is 0 Å². The van der Waals surface area contributed by atoms with Crippen molar-refractivity contribution in [3.63, 3.8) is 0 Å². The minimum atomic E-state index is -0.135. The van der Waals surface area contributed by atoms with Crippen LogP contribution in [0.2, 0.25) is 0 Å². The molecule has 0 bridgehead atoms. The monoisotopic (exact) mass is 373 g/mol. The van der Waals surface area contributed by atoms with E-state index in [1.165, 1.54) is 18.7 Å². The molecular formula is C14H17FIN3. The lowest BCUT2D eigenvalue weighted by molar-refractivity contribution is 0.300. The summed E-state index contributed by atoms with van der Waals surface area (Å²) in [6.07, 6.45) is 4.61. The maximum atomic E-state index is 14.1. The molecule has 0 amide bonds. The summed E-state index contributed by atoms with van der Waals surface area (Å²) < 4.78 is 15.0. The Labute approximate surface area is 126 Å². The van der Waals surface area contributed by atoms with Gasteiger partial charge in [0.15, 0.2) is 0 Å². The number of nitrogens with zero attached hydrogens (tertiary/aromatic N) is 2. The highest BCUT2D eigenvalue weighted by Crippen LogP contribution is 2.32. The fourth-order valence-corrected chi connectivity index (χ4v) is 2.94. The maximum Gasteiger partial charge on any atom is 0.147 e. The predicted molar refractivity (Wildman–Crippen MR) is 83.3 cm³/mol. The number of hydrogen-bond acceptors (Lipinski definition) is 3. The normalized spacial score (nSPS) is 19.4. The average molecular weight is 373 g/mol. The van der Waals surface area contributed by atoms with Crippen LogP contribution >= 0.6 is 22.6 Å². The summed E-state index contributed by atoms with van der Waals surface area (Å²) in [7, 11) is 1.95. The fourth-order valence-electron chi connectivity index (χ4n) is 2.49. The lowest BCUT2D eigenvalue weighted by atomic mass is 10.2. The van der Waals surface area contributed by atoms with Gasteiger partial charge in [-0.1, -0.05) is 0 Å². The van der Waals surface area contributed by atoms with E-state index in [1.54, 1.807) is 6.07 Å². The van der Waals surface area contributed by atoms with E-state index in [4.69, 9.17) is 0 Å². The smallest absolute Gasteiger partial charge is 0.147 e. The van der Waals surface area contributed by atoms with Crippen molar-refractivity contribution in [3.05, 3.63) is 39.5 Å². The number of anilines is 1. The van der Waals surface area contributed by atoms with E-state index in [2.05, 4.69) is 43.8 Å². The standard InChI is InChI=1S/C14H17FIN3/c1-17-14-6-7-18(9-19(14)11-3-4-11)13-5-2-10(16)8-12(13)15/h2,5-6,8,11,17H,3-4,7,9H2,1H3. The first-order valence-electron chi connectivity index (χ1n) is 6.53. The molecule has 0 atom stereocenters. The van der Waals surface area contributed by atoms with Crippen molar-refractivity contribution < 1.29 is 4.39 Å². The Bertz CT molecular complexity index is 513. The summed E-state index contributed by atoms with van der Waals surface area (Å²) in [5.41, 5.74) is 0.692. The van der Waals surface area contributed by atoms with E-state index in [1.807, 2.05) is 19.2 Å². The van der Waals surface area contributed by atoms with Crippen molar-refractivity contribution in [1.82, 2.24) is 10.2 Å². The molecule has 0 radical (unpaired) electrons. The van der Waals surface area contributed by atoms with E-state index in [9.17, 15) is 4.39 Å². The zero-order valence-corrected chi connectivity index (χ0v) is 13.0. The van der Waals surface area contributed by atoms with Crippen molar-refractivity contribution in [2.45, 2.75) is 18.9 Å². The van der Waals surface area contributed by atoms with Crippen molar-refractivity contribution in [3.8, 4) is 0 Å². The van der Waals surface area contributed by atoms with E-state index >= 15 is 0 Å². The number of nitrogens with one attached hydrogen (secondary N) is 1. The predicted octanol–water partition coefficient (Wildman–Crippen LogP) is 2.73. The zero-order valence-electron chi connectivity index (χ0n) is 10.9. The van der Waals surface area contributed by atoms with Crippen LogP contribution < -0.4 is 10.2 Å². The lowest BCUT2D eigenvalue weighted by Gasteiger charge is -2.38. The first-order chi connectivity index (χ1) is 9.19. The average Bonchev–Trinajstić information content (AvgIpc) is 3.22. The Morgan fingerprint density at radius 3 is 2.79 bits per heavy atom. The first-order valence-corrected chi connectivity index (χ1v) is 7.61. The van der Waals surface area contributed by atoms with E-state index in [-0.39, 0.29) is 5.82 Å².